The van der Waals surface area contributed by atoms with Crippen LogP contribution in [0.1, 0.15) is 40.7 Å². The molecule has 2 atom stereocenters. The zero-order chi connectivity index (χ0) is 19.2. The van der Waals surface area contributed by atoms with Crippen molar-refractivity contribution in [3.63, 3.8) is 0 Å². The number of nitrogens with one attached hydrogen (secondary N) is 1. The van der Waals surface area contributed by atoms with E-state index in [1.54, 1.807) is 13.1 Å². The molecule has 1 amide bonds. The number of nitrogens with two attached hydrogens (primary N) is 1. The first-order valence-electron chi connectivity index (χ1n) is 9.56. The number of aliphatic hydroxyl groups excluding tert-OH is 1. The Morgan fingerprint density at radius 1 is 1.32 bits per heavy atom. The van der Waals surface area contributed by atoms with Gasteiger partial charge in [-0.15, -0.1) is 12.4 Å². The summed E-state index contributed by atoms with van der Waals surface area (Å²) >= 11 is 0. The molecule has 2 aromatic carbocycles. The van der Waals surface area contributed by atoms with Crippen molar-refractivity contribution in [1.82, 2.24) is 5.32 Å². The van der Waals surface area contributed by atoms with Gasteiger partial charge < -0.3 is 20.9 Å². The van der Waals surface area contributed by atoms with E-state index < -0.39 is 6.10 Å². The van der Waals surface area contributed by atoms with Gasteiger partial charge in [0.25, 0.3) is 5.91 Å². The lowest BCUT2D eigenvalue weighted by molar-refractivity contribution is 0.0833. The van der Waals surface area contributed by atoms with Crippen molar-refractivity contribution in [1.29, 1.82) is 0 Å². The normalized spacial score (nSPS) is 16.9. The summed E-state index contributed by atoms with van der Waals surface area (Å²) in [5, 5.41) is 13.1. The summed E-state index contributed by atoms with van der Waals surface area (Å²) < 4.78 is 5.67. The second kappa shape index (κ2) is 10.3. The lowest BCUT2D eigenvalue weighted by atomic mass is 9.90. The highest BCUT2D eigenvalue weighted by Gasteiger charge is 2.22. The molecule has 0 bridgehead atoms. The summed E-state index contributed by atoms with van der Waals surface area (Å²) in [4.78, 5) is 12.0. The lowest BCUT2D eigenvalue weighted by Gasteiger charge is -2.20. The van der Waals surface area contributed by atoms with Gasteiger partial charge >= 0.3 is 0 Å². The number of hydrogen-bond donors (Lipinski definition) is 3. The van der Waals surface area contributed by atoms with Crippen LogP contribution >= 0.6 is 12.4 Å². The van der Waals surface area contributed by atoms with Crippen molar-refractivity contribution < 1.29 is 14.6 Å². The largest absolute Gasteiger partial charge is 0.491 e. The molecule has 1 aliphatic rings. The van der Waals surface area contributed by atoms with Gasteiger partial charge in [-0.1, -0.05) is 18.2 Å². The van der Waals surface area contributed by atoms with Gasteiger partial charge in [-0.3, -0.25) is 4.79 Å². The highest BCUT2D eigenvalue weighted by molar-refractivity contribution is 5.95. The zero-order valence-corrected chi connectivity index (χ0v) is 17.0. The van der Waals surface area contributed by atoms with Crippen molar-refractivity contribution in [2.24, 2.45) is 5.92 Å². The number of hydrogen-bond acceptors (Lipinski definition) is 4. The number of rotatable bonds is 6. The minimum absolute atomic E-state index is 0. The molecular formula is C22H29ClN2O3. The smallest absolute Gasteiger partial charge is 0.251 e. The van der Waals surface area contributed by atoms with Crippen molar-refractivity contribution in [2.75, 3.05) is 19.4 Å². The molecular weight excluding hydrogens is 376 g/mol. The summed E-state index contributed by atoms with van der Waals surface area (Å²) in [5.74, 6) is 0.993. The van der Waals surface area contributed by atoms with Gasteiger partial charge in [-0.25, -0.2) is 0 Å². The molecule has 4 N–H and O–H groups in total. The van der Waals surface area contributed by atoms with Gasteiger partial charge in [0.15, 0.2) is 0 Å². The molecule has 0 radical (unpaired) electrons. The van der Waals surface area contributed by atoms with Crippen molar-refractivity contribution >= 4 is 24.0 Å². The summed E-state index contributed by atoms with van der Waals surface area (Å²) in [6.07, 6.45) is 3.97. The number of carbonyl (C=O) groups excluding carboxylic acids is 1. The second-order valence-corrected chi connectivity index (χ2v) is 7.26. The maximum Gasteiger partial charge on any atom is 0.251 e. The number of para-hydroxylation sites is 1. The molecule has 152 valence electrons. The van der Waals surface area contributed by atoms with Crippen LogP contribution in [0.4, 0.5) is 5.69 Å². The minimum atomic E-state index is -0.517. The SMILES string of the molecule is CNC(=O)c1cc(N)c2c(c1)CC(C[C@H](O)COc1ccccc1)CCC2.Cl. The fourth-order valence-corrected chi connectivity index (χ4v) is 3.86. The van der Waals surface area contributed by atoms with Crippen LogP contribution in [0, 0.1) is 5.92 Å². The van der Waals surface area contributed by atoms with Crippen LogP contribution in [0.3, 0.4) is 0 Å². The van der Waals surface area contributed by atoms with Crippen LogP contribution in [0.2, 0.25) is 0 Å². The predicted molar refractivity (Wildman–Crippen MR) is 114 cm³/mol. The first-order valence-corrected chi connectivity index (χ1v) is 9.56. The van der Waals surface area contributed by atoms with E-state index in [0.717, 1.165) is 42.6 Å². The van der Waals surface area contributed by atoms with E-state index in [0.29, 0.717) is 23.6 Å². The van der Waals surface area contributed by atoms with Gasteiger partial charge in [0.1, 0.15) is 12.4 Å². The average Bonchev–Trinajstić information content (AvgIpc) is 2.88. The fourth-order valence-electron chi connectivity index (χ4n) is 3.86. The van der Waals surface area contributed by atoms with Gasteiger partial charge in [-0.05, 0) is 73.4 Å². The number of halogens is 1. The zero-order valence-electron chi connectivity index (χ0n) is 16.2. The lowest BCUT2D eigenvalue weighted by Crippen LogP contribution is -2.22. The molecule has 6 heteroatoms. The number of ether oxygens (including phenoxy) is 1. The van der Waals surface area contributed by atoms with Gasteiger partial charge in [-0.2, -0.15) is 0 Å². The number of amides is 1. The van der Waals surface area contributed by atoms with Crippen molar-refractivity contribution in [3.8, 4) is 5.75 Å². The summed E-state index contributed by atoms with van der Waals surface area (Å²) in [6.45, 7) is 0.286. The monoisotopic (exact) mass is 404 g/mol. The van der Waals surface area contributed by atoms with E-state index >= 15 is 0 Å². The summed E-state index contributed by atoms with van der Waals surface area (Å²) in [5.41, 5.74) is 9.79. The first kappa shape index (κ1) is 22.1. The Balaban J connectivity index is 0.00000280. The molecule has 0 aliphatic heterocycles. The molecule has 1 unspecified atom stereocenters. The molecule has 28 heavy (non-hydrogen) atoms. The van der Waals surface area contributed by atoms with Crippen LogP contribution < -0.4 is 15.8 Å². The van der Waals surface area contributed by atoms with Crippen LogP contribution in [0.5, 0.6) is 5.75 Å². The van der Waals surface area contributed by atoms with Crippen LogP contribution in [-0.2, 0) is 12.8 Å². The quantitative estimate of drug-likeness (QED) is 0.509. The van der Waals surface area contributed by atoms with Gasteiger partial charge in [0.2, 0.25) is 0 Å². The summed E-state index contributed by atoms with van der Waals surface area (Å²) in [7, 11) is 1.62. The average molecular weight is 405 g/mol. The maximum absolute atomic E-state index is 12.0. The number of nitrogen functional groups attached to an aromatic ring is 1. The number of aliphatic hydroxyl groups is 1. The van der Waals surface area contributed by atoms with E-state index in [2.05, 4.69) is 5.32 Å². The Morgan fingerprint density at radius 3 is 2.79 bits per heavy atom. The predicted octanol–water partition coefficient (Wildman–Crippen LogP) is 3.38. The first-order chi connectivity index (χ1) is 13.1. The third-order valence-electron chi connectivity index (χ3n) is 5.20. The minimum Gasteiger partial charge on any atom is -0.491 e. The molecule has 5 nitrogen and oxygen atoms in total. The highest BCUT2D eigenvalue weighted by atomic mass is 35.5. The van der Waals surface area contributed by atoms with E-state index in [-0.39, 0.29) is 24.9 Å². The molecule has 1 aliphatic carbocycles. The second-order valence-electron chi connectivity index (χ2n) is 7.26. The molecule has 0 saturated heterocycles. The van der Waals surface area contributed by atoms with Crippen molar-refractivity contribution in [3.05, 3.63) is 59.2 Å². The molecule has 0 aromatic heterocycles. The van der Waals surface area contributed by atoms with Crippen LogP contribution in [-0.4, -0.2) is 30.8 Å². The number of carbonyl (C=O) groups is 1. The Hall–Kier alpha value is -2.24. The standard InChI is InChI=1S/C22H28N2O3.ClH/c1-24-22(26)17-12-16-10-15(6-5-9-20(16)21(23)13-17)11-18(25)14-27-19-7-3-2-4-8-19;/h2-4,7-8,12-13,15,18,25H,5-6,9-11,14,23H2,1H3,(H,24,26);1H/t15?,18-;/m0./s1. The summed E-state index contributed by atoms with van der Waals surface area (Å²) in [6, 6.07) is 13.3. The maximum atomic E-state index is 12.0. The Kier molecular flexibility index (Phi) is 8.15. The molecule has 0 spiro atoms. The van der Waals surface area contributed by atoms with E-state index in [9.17, 15) is 9.90 Å². The molecule has 2 aromatic rings. The molecule has 0 saturated carbocycles. The molecule has 0 heterocycles. The van der Waals surface area contributed by atoms with E-state index in [1.807, 2.05) is 36.4 Å². The number of benzene rings is 2. The molecule has 0 fully saturated rings. The Labute approximate surface area is 172 Å². The van der Waals surface area contributed by atoms with E-state index in [4.69, 9.17) is 10.5 Å². The van der Waals surface area contributed by atoms with Gasteiger partial charge in [0, 0.05) is 18.3 Å². The van der Waals surface area contributed by atoms with Crippen molar-refractivity contribution in [2.45, 2.75) is 38.2 Å². The third-order valence-corrected chi connectivity index (χ3v) is 5.20. The number of anilines is 1. The van der Waals surface area contributed by atoms with Crippen LogP contribution in [0.25, 0.3) is 0 Å². The Bertz CT molecular complexity index is 783. The van der Waals surface area contributed by atoms with E-state index in [1.165, 1.54) is 0 Å². The topological polar surface area (TPSA) is 84.6 Å². The molecule has 3 rings (SSSR count). The fraction of sp³-hybridized carbons (Fsp3) is 0.409. The van der Waals surface area contributed by atoms with Gasteiger partial charge in [0.05, 0.1) is 6.10 Å². The Morgan fingerprint density at radius 2 is 2.07 bits per heavy atom. The third kappa shape index (κ3) is 5.63. The number of fused-ring (bicyclic) bond motifs is 1. The highest BCUT2D eigenvalue weighted by Crippen LogP contribution is 2.31. The van der Waals surface area contributed by atoms with Crippen LogP contribution in [0.15, 0.2) is 42.5 Å².